The second-order valence-electron chi connectivity index (χ2n) is 7.16. The number of ketones is 1. The van der Waals surface area contributed by atoms with E-state index in [4.69, 9.17) is 10.00 Å². The third-order valence-electron chi connectivity index (χ3n) is 5.14. The average molecular weight is 409 g/mol. The van der Waals surface area contributed by atoms with E-state index in [1.807, 2.05) is 35.8 Å². The van der Waals surface area contributed by atoms with Crippen LogP contribution in [-0.2, 0) is 6.54 Å². The minimum atomic E-state index is -0.353. The molecule has 2 aromatic heterocycles. The third-order valence-corrected chi connectivity index (χ3v) is 5.14. The Bertz CT molecular complexity index is 1410. The van der Waals surface area contributed by atoms with Crippen LogP contribution in [0.3, 0.4) is 0 Å². The predicted octanol–water partition coefficient (Wildman–Crippen LogP) is 3.86. The number of hydrogen-bond donors (Lipinski definition) is 0. The third kappa shape index (κ3) is 3.81. The maximum absolute atomic E-state index is 13.3. The first-order valence-corrected chi connectivity index (χ1v) is 9.69. The van der Waals surface area contributed by atoms with Gasteiger partial charge in [0.1, 0.15) is 17.5 Å². The summed E-state index contributed by atoms with van der Waals surface area (Å²) in [5, 5.41) is 9.58. The van der Waals surface area contributed by atoms with E-state index in [1.165, 1.54) is 0 Å². The summed E-state index contributed by atoms with van der Waals surface area (Å²) < 4.78 is 7.09. The van der Waals surface area contributed by atoms with Crippen LogP contribution in [0.5, 0.6) is 5.75 Å². The molecule has 6 nitrogen and oxygen atoms in total. The van der Waals surface area contributed by atoms with E-state index in [1.54, 1.807) is 55.8 Å². The zero-order chi connectivity index (χ0) is 22.0. The summed E-state index contributed by atoms with van der Waals surface area (Å²) in [6.07, 6.45) is 1.58. The zero-order valence-corrected chi connectivity index (χ0v) is 17.1. The van der Waals surface area contributed by atoms with Gasteiger partial charge >= 0.3 is 0 Å². The predicted molar refractivity (Wildman–Crippen MR) is 117 cm³/mol. The van der Waals surface area contributed by atoms with Crippen molar-refractivity contribution >= 4 is 16.7 Å². The highest BCUT2D eigenvalue weighted by molar-refractivity contribution is 6.10. The van der Waals surface area contributed by atoms with Crippen molar-refractivity contribution in [2.24, 2.45) is 0 Å². The van der Waals surface area contributed by atoms with Gasteiger partial charge in [0.15, 0.2) is 5.78 Å². The Morgan fingerprint density at radius 1 is 1.13 bits per heavy atom. The van der Waals surface area contributed by atoms with Crippen molar-refractivity contribution in [3.63, 3.8) is 0 Å². The summed E-state index contributed by atoms with van der Waals surface area (Å²) in [5.41, 5.74) is 2.66. The van der Waals surface area contributed by atoms with Crippen LogP contribution in [0.15, 0.2) is 71.7 Å². The quantitative estimate of drug-likeness (QED) is 0.467. The lowest BCUT2D eigenvalue weighted by atomic mass is 10.0. The fraction of sp³-hybridized carbons (Fsp3) is 0.120. The van der Waals surface area contributed by atoms with Crippen LogP contribution >= 0.6 is 0 Å². The van der Waals surface area contributed by atoms with Gasteiger partial charge in [0, 0.05) is 17.1 Å². The Balaban J connectivity index is 1.85. The van der Waals surface area contributed by atoms with Gasteiger partial charge in [-0.2, -0.15) is 5.26 Å². The van der Waals surface area contributed by atoms with Crippen LogP contribution in [0, 0.1) is 18.3 Å². The molecule has 0 saturated carbocycles. The highest BCUT2D eigenvalue weighted by atomic mass is 16.5. The number of fused-ring (bicyclic) bond motifs is 1. The monoisotopic (exact) mass is 409 g/mol. The molecule has 152 valence electrons. The molecule has 2 heterocycles. The second kappa shape index (κ2) is 8.25. The summed E-state index contributed by atoms with van der Waals surface area (Å²) in [4.78, 5) is 30.7. The fourth-order valence-corrected chi connectivity index (χ4v) is 3.62. The molecule has 0 aliphatic rings. The Morgan fingerprint density at radius 3 is 2.68 bits per heavy atom. The molecule has 0 saturated heterocycles. The molecule has 0 bridgehead atoms. The van der Waals surface area contributed by atoms with E-state index in [0.29, 0.717) is 40.1 Å². The van der Waals surface area contributed by atoms with Crippen molar-refractivity contribution < 1.29 is 9.53 Å². The number of nitriles is 1. The van der Waals surface area contributed by atoms with Crippen LogP contribution in [-0.4, -0.2) is 22.4 Å². The number of pyridine rings is 2. The highest BCUT2D eigenvalue weighted by Crippen LogP contribution is 2.21. The molecule has 0 aliphatic carbocycles. The Morgan fingerprint density at radius 2 is 1.94 bits per heavy atom. The molecule has 0 unspecified atom stereocenters. The molecular formula is C25H19N3O3. The molecule has 4 rings (SSSR count). The van der Waals surface area contributed by atoms with Crippen LogP contribution < -0.4 is 10.2 Å². The van der Waals surface area contributed by atoms with E-state index in [-0.39, 0.29) is 16.8 Å². The van der Waals surface area contributed by atoms with E-state index in [2.05, 4.69) is 4.98 Å². The van der Waals surface area contributed by atoms with Crippen LogP contribution in [0.2, 0.25) is 0 Å². The maximum atomic E-state index is 13.3. The highest BCUT2D eigenvalue weighted by Gasteiger charge is 2.18. The first-order chi connectivity index (χ1) is 15.0. The van der Waals surface area contributed by atoms with Crippen molar-refractivity contribution in [2.75, 3.05) is 7.11 Å². The fourth-order valence-electron chi connectivity index (χ4n) is 3.62. The van der Waals surface area contributed by atoms with E-state index in [9.17, 15) is 9.59 Å². The number of carbonyl (C=O) groups is 1. The zero-order valence-electron chi connectivity index (χ0n) is 17.1. The largest absolute Gasteiger partial charge is 0.496 e. The van der Waals surface area contributed by atoms with Crippen LogP contribution in [0.25, 0.3) is 10.9 Å². The summed E-state index contributed by atoms with van der Waals surface area (Å²) in [6, 6.07) is 19.5. The number of carbonyl (C=O) groups excluding carboxylic acids is 1. The van der Waals surface area contributed by atoms with Gasteiger partial charge in [0.05, 0.1) is 30.4 Å². The lowest BCUT2D eigenvalue weighted by Gasteiger charge is -2.13. The van der Waals surface area contributed by atoms with Gasteiger partial charge in [0.25, 0.3) is 0 Å². The second-order valence-corrected chi connectivity index (χ2v) is 7.16. The van der Waals surface area contributed by atoms with E-state index < -0.39 is 0 Å². The SMILES string of the molecule is COc1ccc(C(=O)c2cn(Cc3cccc(C#N)n3)c3ccccc3c2=O)cc1C. The van der Waals surface area contributed by atoms with Gasteiger partial charge in [-0.3, -0.25) is 9.59 Å². The van der Waals surface area contributed by atoms with E-state index in [0.717, 1.165) is 5.56 Å². The van der Waals surface area contributed by atoms with Crippen molar-refractivity contribution in [1.29, 1.82) is 5.26 Å². The summed E-state index contributed by atoms with van der Waals surface area (Å²) >= 11 is 0. The van der Waals surface area contributed by atoms with E-state index >= 15 is 0 Å². The smallest absolute Gasteiger partial charge is 0.200 e. The topological polar surface area (TPSA) is 85.0 Å². The van der Waals surface area contributed by atoms with Crippen LogP contribution in [0.1, 0.15) is 32.9 Å². The summed E-state index contributed by atoms with van der Waals surface area (Å²) in [5.74, 6) is 0.324. The molecule has 0 fully saturated rings. The molecule has 0 spiro atoms. The number of rotatable bonds is 5. The number of aromatic nitrogens is 2. The number of para-hydroxylation sites is 1. The van der Waals surface area contributed by atoms with Crippen molar-refractivity contribution in [3.8, 4) is 11.8 Å². The van der Waals surface area contributed by atoms with Crippen LogP contribution in [0.4, 0.5) is 0 Å². The number of aryl methyl sites for hydroxylation is 1. The lowest BCUT2D eigenvalue weighted by molar-refractivity contribution is 0.103. The van der Waals surface area contributed by atoms with Crippen molar-refractivity contribution in [2.45, 2.75) is 13.5 Å². The number of benzene rings is 2. The van der Waals surface area contributed by atoms with Gasteiger partial charge in [0.2, 0.25) is 5.43 Å². The van der Waals surface area contributed by atoms with Gasteiger partial charge in [-0.25, -0.2) is 4.98 Å². The maximum Gasteiger partial charge on any atom is 0.200 e. The van der Waals surface area contributed by atoms with Crippen molar-refractivity contribution in [3.05, 3.63) is 105 Å². The van der Waals surface area contributed by atoms with Gasteiger partial charge < -0.3 is 9.30 Å². The standard InChI is InChI=1S/C25H19N3O3/c1-16-12-17(10-11-23(16)31-2)24(29)21-15-28(14-19-7-5-6-18(13-26)27-19)22-9-4-3-8-20(22)25(21)30/h3-12,15H,14H2,1-2H3. The molecule has 0 atom stereocenters. The first-order valence-electron chi connectivity index (χ1n) is 9.69. The normalized spacial score (nSPS) is 10.6. The number of hydrogen-bond acceptors (Lipinski definition) is 5. The molecule has 31 heavy (non-hydrogen) atoms. The molecule has 0 aliphatic heterocycles. The van der Waals surface area contributed by atoms with Gasteiger partial charge in [-0.05, 0) is 55.0 Å². The average Bonchev–Trinajstić information content (AvgIpc) is 2.80. The Kier molecular flexibility index (Phi) is 5.33. The molecule has 2 aromatic carbocycles. The number of methoxy groups -OCH3 is 1. The minimum absolute atomic E-state index is 0.0831. The Labute approximate surface area is 179 Å². The lowest BCUT2D eigenvalue weighted by Crippen LogP contribution is -2.20. The molecular weight excluding hydrogens is 390 g/mol. The molecule has 0 radical (unpaired) electrons. The number of nitrogens with zero attached hydrogens (tertiary/aromatic N) is 3. The molecule has 0 amide bonds. The molecule has 4 aromatic rings. The Hall–Kier alpha value is -4.24. The van der Waals surface area contributed by atoms with Gasteiger partial charge in [-0.15, -0.1) is 0 Å². The van der Waals surface area contributed by atoms with Gasteiger partial charge in [-0.1, -0.05) is 18.2 Å². The molecule has 0 N–H and O–H groups in total. The van der Waals surface area contributed by atoms with Crippen molar-refractivity contribution in [1.82, 2.24) is 9.55 Å². The first kappa shape index (κ1) is 20.0. The summed E-state index contributed by atoms with van der Waals surface area (Å²) in [6.45, 7) is 2.17. The number of ether oxygens (including phenoxy) is 1. The minimum Gasteiger partial charge on any atom is -0.496 e. The summed E-state index contributed by atoms with van der Waals surface area (Å²) in [7, 11) is 1.57. The molecule has 6 heteroatoms.